The van der Waals surface area contributed by atoms with Gasteiger partial charge in [-0.15, -0.1) is 0 Å². The minimum Gasteiger partial charge on any atom is -0.321 e. The van der Waals surface area contributed by atoms with Crippen molar-refractivity contribution in [2.45, 2.75) is 6.92 Å². The van der Waals surface area contributed by atoms with Crippen molar-refractivity contribution in [1.82, 2.24) is 4.98 Å². The Bertz CT molecular complexity index is 688. The number of hydrogen-bond donors (Lipinski definition) is 1. The predicted molar refractivity (Wildman–Crippen MR) is 70.0 cm³/mol. The van der Waals surface area contributed by atoms with Crippen molar-refractivity contribution >= 4 is 17.3 Å². The lowest BCUT2D eigenvalue weighted by atomic mass is 10.1. The van der Waals surface area contributed by atoms with E-state index in [-0.39, 0.29) is 11.3 Å². The van der Waals surface area contributed by atoms with Crippen LogP contribution in [-0.4, -0.2) is 15.8 Å². The van der Waals surface area contributed by atoms with Crippen LogP contribution in [0.5, 0.6) is 0 Å². The van der Waals surface area contributed by atoms with Crippen molar-refractivity contribution in [3.8, 4) is 0 Å². The summed E-state index contributed by atoms with van der Waals surface area (Å²) in [5, 5.41) is 13.2. The van der Waals surface area contributed by atoms with E-state index >= 15 is 0 Å². The van der Waals surface area contributed by atoms with Crippen molar-refractivity contribution in [3.05, 3.63) is 63.7 Å². The zero-order valence-electron chi connectivity index (χ0n) is 10.5. The van der Waals surface area contributed by atoms with Crippen molar-refractivity contribution < 1.29 is 14.1 Å². The van der Waals surface area contributed by atoms with Gasteiger partial charge in [0.25, 0.3) is 11.6 Å². The highest BCUT2D eigenvalue weighted by molar-refractivity contribution is 6.04. The van der Waals surface area contributed by atoms with Crippen LogP contribution in [0.1, 0.15) is 15.9 Å². The average molecular weight is 275 g/mol. The molecule has 1 amide bonds. The Balaban J connectivity index is 2.27. The largest absolute Gasteiger partial charge is 0.321 e. The van der Waals surface area contributed by atoms with E-state index in [1.807, 2.05) is 0 Å². The second-order valence-corrected chi connectivity index (χ2v) is 4.08. The summed E-state index contributed by atoms with van der Waals surface area (Å²) in [6.45, 7) is 1.70. The summed E-state index contributed by atoms with van der Waals surface area (Å²) < 4.78 is 12.9. The van der Waals surface area contributed by atoms with Gasteiger partial charge in [0.15, 0.2) is 0 Å². The molecular weight excluding hydrogens is 265 g/mol. The van der Waals surface area contributed by atoms with Gasteiger partial charge >= 0.3 is 0 Å². The Labute approximate surface area is 113 Å². The Morgan fingerprint density at radius 3 is 2.75 bits per heavy atom. The molecule has 1 heterocycles. The number of nitro groups is 1. The van der Waals surface area contributed by atoms with E-state index in [9.17, 15) is 19.3 Å². The summed E-state index contributed by atoms with van der Waals surface area (Å²) >= 11 is 0. The van der Waals surface area contributed by atoms with Crippen molar-refractivity contribution in [3.63, 3.8) is 0 Å². The molecular formula is C13H10FN3O3. The number of benzene rings is 1. The number of aromatic nitrogens is 1. The Morgan fingerprint density at radius 2 is 2.10 bits per heavy atom. The molecule has 1 aromatic heterocycles. The van der Waals surface area contributed by atoms with Gasteiger partial charge in [-0.1, -0.05) is 6.07 Å². The van der Waals surface area contributed by atoms with Gasteiger partial charge in [-0.05, 0) is 18.6 Å². The molecule has 7 heteroatoms. The molecule has 0 aliphatic carbocycles. The molecule has 20 heavy (non-hydrogen) atoms. The summed E-state index contributed by atoms with van der Waals surface area (Å²) in [7, 11) is 0. The van der Waals surface area contributed by atoms with Crippen LogP contribution in [0.4, 0.5) is 15.8 Å². The maximum atomic E-state index is 12.9. The first-order valence-electron chi connectivity index (χ1n) is 5.65. The Morgan fingerprint density at radius 1 is 1.35 bits per heavy atom. The number of amides is 1. The van der Waals surface area contributed by atoms with E-state index < -0.39 is 16.8 Å². The van der Waals surface area contributed by atoms with Crippen LogP contribution in [0.15, 0.2) is 36.5 Å². The smallest absolute Gasteiger partial charge is 0.271 e. The molecule has 0 saturated heterocycles. The standard InChI is InChI=1S/C13H10FN3O3/c1-8-2-3-10(17(19)20)7-11(8)16-13(18)9-4-5-15-12(14)6-9/h2-7H,1H3,(H,16,18). The van der Waals surface area contributed by atoms with Gasteiger partial charge in [0.2, 0.25) is 5.95 Å². The number of nitrogens with zero attached hydrogens (tertiary/aromatic N) is 2. The number of anilines is 1. The van der Waals surface area contributed by atoms with Crippen molar-refractivity contribution in [1.29, 1.82) is 0 Å². The highest BCUT2D eigenvalue weighted by Gasteiger charge is 2.12. The molecule has 0 atom stereocenters. The van der Waals surface area contributed by atoms with E-state index in [1.54, 1.807) is 6.92 Å². The lowest BCUT2D eigenvalue weighted by molar-refractivity contribution is -0.384. The zero-order chi connectivity index (χ0) is 14.7. The number of nitro benzene ring substituents is 1. The van der Waals surface area contributed by atoms with Crippen molar-refractivity contribution in [2.24, 2.45) is 0 Å². The SMILES string of the molecule is Cc1ccc([N+](=O)[O-])cc1NC(=O)c1ccnc(F)c1. The number of aryl methyl sites for hydroxylation is 1. The van der Waals surface area contributed by atoms with Gasteiger partial charge in [-0.25, -0.2) is 4.98 Å². The lowest BCUT2D eigenvalue weighted by Crippen LogP contribution is -2.13. The van der Waals surface area contributed by atoms with Crippen LogP contribution in [0.3, 0.4) is 0 Å². The summed E-state index contributed by atoms with van der Waals surface area (Å²) in [6.07, 6.45) is 1.17. The number of rotatable bonds is 3. The summed E-state index contributed by atoms with van der Waals surface area (Å²) in [5.74, 6) is -1.33. The second kappa shape index (κ2) is 5.43. The normalized spacial score (nSPS) is 10.1. The molecule has 1 N–H and O–H groups in total. The predicted octanol–water partition coefficient (Wildman–Crippen LogP) is 2.69. The minimum atomic E-state index is -0.770. The molecule has 0 aliphatic rings. The van der Waals surface area contributed by atoms with Crippen LogP contribution >= 0.6 is 0 Å². The molecule has 6 nitrogen and oxygen atoms in total. The van der Waals surface area contributed by atoms with E-state index in [0.717, 1.165) is 6.07 Å². The fourth-order valence-electron chi connectivity index (χ4n) is 1.60. The third-order valence-electron chi connectivity index (χ3n) is 2.67. The molecule has 0 radical (unpaired) electrons. The summed E-state index contributed by atoms with van der Waals surface area (Å²) in [5.41, 5.74) is 0.926. The molecule has 0 bridgehead atoms. The monoisotopic (exact) mass is 275 g/mol. The Kier molecular flexibility index (Phi) is 3.69. The van der Waals surface area contributed by atoms with Gasteiger partial charge in [0.1, 0.15) is 0 Å². The fraction of sp³-hybridized carbons (Fsp3) is 0.0769. The van der Waals surface area contributed by atoms with Crippen LogP contribution in [0.25, 0.3) is 0 Å². The molecule has 1 aromatic carbocycles. The fourth-order valence-corrected chi connectivity index (χ4v) is 1.60. The second-order valence-electron chi connectivity index (χ2n) is 4.08. The molecule has 102 valence electrons. The third kappa shape index (κ3) is 2.94. The first-order chi connectivity index (χ1) is 9.47. The van der Waals surface area contributed by atoms with Gasteiger partial charge in [0, 0.05) is 30.0 Å². The lowest BCUT2D eigenvalue weighted by Gasteiger charge is -2.08. The van der Waals surface area contributed by atoms with Gasteiger partial charge in [-0.2, -0.15) is 4.39 Å². The molecule has 0 fully saturated rings. The van der Waals surface area contributed by atoms with Gasteiger partial charge < -0.3 is 5.32 Å². The number of nitrogens with one attached hydrogen (secondary N) is 1. The molecule has 2 rings (SSSR count). The maximum Gasteiger partial charge on any atom is 0.271 e. The summed E-state index contributed by atoms with van der Waals surface area (Å²) in [4.78, 5) is 25.4. The van der Waals surface area contributed by atoms with Crippen LogP contribution in [0, 0.1) is 23.0 Å². The third-order valence-corrected chi connectivity index (χ3v) is 2.67. The van der Waals surface area contributed by atoms with E-state index in [2.05, 4.69) is 10.3 Å². The summed E-state index contributed by atoms with van der Waals surface area (Å²) in [6, 6.07) is 6.47. The number of carbonyl (C=O) groups excluding carboxylic acids is 1. The van der Waals surface area contributed by atoms with Crippen molar-refractivity contribution in [2.75, 3.05) is 5.32 Å². The molecule has 0 saturated carbocycles. The van der Waals surface area contributed by atoms with Crippen LogP contribution in [-0.2, 0) is 0 Å². The first kappa shape index (κ1) is 13.6. The maximum absolute atomic E-state index is 12.9. The van der Waals surface area contributed by atoms with E-state index in [0.29, 0.717) is 11.3 Å². The highest BCUT2D eigenvalue weighted by Crippen LogP contribution is 2.22. The quantitative estimate of drug-likeness (QED) is 0.530. The van der Waals surface area contributed by atoms with Crippen LogP contribution in [0.2, 0.25) is 0 Å². The van der Waals surface area contributed by atoms with E-state index in [1.165, 1.54) is 30.5 Å². The average Bonchev–Trinajstić information content (AvgIpc) is 2.41. The number of non-ortho nitro benzene ring substituents is 1. The topological polar surface area (TPSA) is 85.1 Å². The number of carbonyl (C=O) groups is 1. The van der Waals surface area contributed by atoms with Gasteiger partial charge in [-0.3, -0.25) is 14.9 Å². The van der Waals surface area contributed by atoms with Crippen LogP contribution < -0.4 is 5.32 Å². The van der Waals surface area contributed by atoms with Gasteiger partial charge in [0.05, 0.1) is 10.6 Å². The molecule has 0 spiro atoms. The molecule has 2 aromatic rings. The number of hydrogen-bond acceptors (Lipinski definition) is 4. The Hall–Kier alpha value is -2.83. The highest BCUT2D eigenvalue weighted by atomic mass is 19.1. The first-order valence-corrected chi connectivity index (χ1v) is 5.65. The minimum absolute atomic E-state index is 0.0865. The van der Waals surface area contributed by atoms with E-state index in [4.69, 9.17) is 0 Å². The number of halogens is 1. The zero-order valence-corrected chi connectivity index (χ0v) is 10.5. The number of pyridine rings is 1. The molecule has 0 unspecified atom stereocenters. The molecule has 0 aliphatic heterocycles.